The maximum atomic E-state index is 13.1. The van der Waals surface area contributed by atoms with Crippen LogP contribution in [-0.4, -0.2) is 0 Å². The van der Waals surface area contributed by atoms with Crippen LogP contribution in [0.2, 0.25) is 5.02 Å². The van der Waals surface area contributed by atoms with E-state index in [1.165, 1.54) is 6.07 Å². The van der Waals surface area contributed by atoms with Crippen molar-refractivity contribution in [1.29, 1.82) is 0 Å². The lowest BCUT2D eigenvalue weighted by atomic mass is 10.1. The predicted molar refractivity (Wildman–Crippen MR) is 87.4 cm³/mol. The van der Waals surface area contributed by atoms with Crippen LogP contribution >= 0.6 is 27.5 Å². The van der Waals surface area contributed by atoms with E-state index < -0.39 is 5.82 Å². The van der Waals surface area contributed by atoms with E-state index in [9.17, 15) is 4.39 Å². The van der Waals surface area contributed by atoms with Gasteiger partial charge in [0.2, 0.25) is 0 Å². The summed E-state index contributed by atoms with van der Waals surface area (Å²) in [5.74, 6) is 0.321. The maximum Gasteiger partial charge on any atom is 0.141 e. The zero-order chi connectivity index (χ0) is 14.8. The zero-order valence-electron chi connectivity index (χ0n) is 10.9. The van der Waals surface area contributed by atoms with Crippen LogP contribution < -0.4 is 4.74 Å². The second-order valence-electron chi connectivity index (χ2n) is 4.64. The van der Waals surface area contributed by atoms with Crippen LogP contribution in [0, 0.1) is 5.82 Å². The molecule has 0 saturated heterocycles. The van der Waals surface area contributed by atoms with E-state index in [1.54, 1.807) is 12.1 Å². The van der Waals surface area contributed by atoms with Crippen LogP contribution in [-0.2, 0) is 6.61 Å². The van der Waals surface area contributed by atoms with Crippen LogP contribution in [0.3, 0.4) is 0 Å². The SMILES string of the molecule is Fc1ccc(COc2ccc3ccccc3c2Br)cc1Cl. The minimum absolute atomic E-state index is 0.105. The standard InChI is InChI=1S/C17H11BrClFO/c18-17-13-4-2-1-3-12(13)6-8-16(17)21-10-11-5-7-15(20)14(19)9-11/h1-9H,10H2. The minimum atomic E-state index is -0.424. The first kappa shape index (κ1) is 14.4. The van der Waals surface area contributed by atoms with Crippen LogP contribution in [0.4, 0.5) is 4.39 Å². The molecule has 0 saturated carbocycles. The molecule has 0 unspecified atom stereocenters. The molecule has 0 fully saturated rings. The van der Waals surface area contributed by atoms with Crippen molar-refractivity contribution in [2.45, 2.75) is 6.61 Å². The third-order valence-electron chi connectivity index (χ3n) is 3.21. The quantitative estimate of drug-likeness (QED) is 0.555. The van der Waals surface area contributed by atoms with Gasteiger partial charge in [-0.05, 0) is 50.5 Å². The highest BCUT2D eigenvalue weighted by Crippen LogP contribution is 2.33. The van der Waals surface area contributed by atoms with Gasteiger partial charge >= 0.3 is 0 Å². The first-order valence-electron chi connectivity index (χ1n) is 6.39. The molecule has 0 radical (unpaired) electrons. The van der Waals surface area contributed by atoms with E-state index in [1.807, 2.05) is 36.4 Å². The number of benzene rings is 3. The molecule has 21 heavy (non-hydrogen) atoms. The minimum Gasteiger partial charge on any atom is -0.488 e. The molecule has 0 amide bonds. The Hall–Kier alpha value is -1.58. The Morgan fingerprint density at radius 2 is 1.86 bits per heavy atom. The van der Waals surface area contributed by atoms with Gasteiger partial charge in [0.1, 0.15) is 18.2 Å². The molecule has 3 aromatic carbocycles. The summed E-state index contributed by atoms with van der Waals surface area (Å²) in [6.07, 6.45) is 0. The number of ether oxygens (including phenoxy) is 1. The van der Waals surface area contributed by atoms with Crippen molar-refractivity contribution >= 4 is 38.3 Å². The van der Waals surface area contributed by atoms with Crippen LogP contribution in [0.15, 0.2) is 59.1 Å². The van der Waals surface area contributed by atoms with Crippen molar-refractivity contribution < 1.29 is 9.13 Å². The second kappa shape index (κ2) is 6.04. The van der Waals surface area contributed by atoms with Gasteiger partial charge in [-0.2, -0.15) is 0 Å². The molecule has 3 aromatic rings. The molecule has 4 heteroatoms. The first-order chi connectivity index (χ1) is 10.1. The van der Waals surface area contributed by atoms with Crippen molar-refractivity contribution in [3.63, 3.8) is 0 Å². The van der Waals surface area contributed by atoms with Crippen LogP contribution in [0.25, 0.3) is 10.8 Å². The normalized spacial score (nSPS) is 10.8. The lowest BCUT2D eigenvalue weighted by Crippen LogP contribution is -1.97. The van der Waals surface area contributed by atoms with E-state index in [0.29, 0.717) is 6.61 Å². The number of fused-ring (bicyclic) bond motifs is 1. The lowest BCUT2D eigenvalue weighted by molar-refractivity contribution is 0.304. The molecule has 0 aliphatic heterocycles. The average molecular weight is 366 g/mol. The van der Waals surface area contributed by atoms with E-state index in [-0.39, 0.29) is 5.02 Å². The van der Waals surface area contributed by atoms with Gasteiger partial charge in [-0.25, -0.2) is 4.39 Å². The molecular weight excluding hydrogens is 355 g/mol. The fraction of sp³-hybridized carbons (Fsp3) is 0.0588. The summed E-state index contributed by atoms with van der Waals surface area (Å²) in [6.45, 7) is 0.330. The Bertz CT molecular complexity index is 804. The van der Waals surface area contributed by atoms with Gasteiger partial charge in [-0.1, -0.05) is 48.0 Å². The predicted octanol–water partition coefficient (Wildman–Crippen LogP) is 5.97. The Morgan fingerprint density at radius 3 is 2.67 bits per heavy atom. The molecule has 0 N–H and O–H groups in total. The smallest absolute Gasteiger partial charge is 0.141 e. The van der Waals surface area contributed by atoms with Crippen molar-refractivity contribution in [2.24, 2.45) is 0 Å². The van der Waals surface area contributed by atoms with E-state index >= 15 is 0 Å². The van der Waals surface area contributed by atoms with Crippen molar-refractivity contribution in [1.82, 2.24) is 0 Å². The Morgan fingerprint density at radius 1 is 1.05 bits per heavy atom. The molecule has 0 spiro atoms. The summed E-state index contributed by atoms with van der Waals surface area (Å²) in [5, 5.41) is 2.34. The molecule has 0 aliphatic carbocycles. The molecule has 0 aliphatic rings. The van der Waals surface area contributed by atoms with Gasteiger partial charge in [0.05, 0.1) is 9.50 Å². The highest BCUT2D eigenvalue weighted by Gasteiger charge is 2.07. The van der Waals surface area contributed by atoms with Gasteiger partial charge in [0, 0.05) is 0 Å². The molecule has 0 aromatic heterocycles. The second-order valence-corrected chi connectivity index (χ2v) is 5.84. The van der Waals surface area contributed by atoms with Crippen molar-refractivity contribution in [2.75, 3.05) is 0 Å². The molecule has 0 bridgehead atoms. The first-order valence-corrected chi connectivity index (χ1v) is 7.56. The summed E-state index contributed by atoms with van der Waals surface area (Å²) in [7, 11) is 0. The molecule has 0 heterocycles. The summed E-state index contributed by atoms with van der Waals surface area (Å²) in [5.41, 5.74) is 0.821. The highest BCUT2D eigenvalue weighted by molar-refractivity contribution is 9.10. The molecule has 1 nitrogen and oxygen atoms in total. The number of hydrogen-bond donors (Lipinski definition) is 0. The lowest BCUT2D eigenvalue weighted by Gasteiger charge is -2.11. The monoisotopic (exact) mass is 364 g/mol. The molecule has 3 rings (SSSR count). The van der Waals surface area contributed by atoms with Gasteiger partial charge < -0.3 is 4.74 Å². The fourth-order valence-corrected chi connectivity index (χ4v) is 2.93. The largest absolute Gasteiger partial charge is 0.488 e. The number of hydrogen-bond acceptors (Lipinski definition) is 1. The third-order valence-corrected chi connectivity index (χ3v) is 4.31. The zero-order valence-corrected chi connectivity index (χ0v) is 13.3. The van der Waals surface area contributed by atoms with Gasteiger partial charge in [0.25, 0.3) is 0 Å². The van der Waals surface area contributed by atoms with Gasteiger partial charge in [-0.15, -0.1) is 0 Å². The Labute approximate surface area is 135 Å². The summed E-state index contributed by atoms with van der Waals surface area (Å²) in [6, 6.07) is 16.6. The van der Waals surface area contributed by atoms with Crippen molar-refractivity contribution in [3.8, 4) is 5.75 Å². The van der Waals surface area contributed by atoms with Crippen LogP contribution in [0.5, 0.6) is 5.75 Å². The van der Waals surface area contributed by atoms with Crippen LogP contribution in [0.1, 0.15) is 5.56 Å². The van der Waals surface area contributed by atoms with E-state index in [0.717, 1.165) is 26.6 Å². The van der Waals surface area contributed by atoms with E-state index in [2.05, 4.69) is 15.9 Å². The number of halogens is 3. The topological polar surface area (TPSA) is 9.23 Å². The van der Waals surface area contributed by atoms with Crippen molar-refractivity contribution in [3.05, 3.63) is 75.5 Å². The van der Waals surface area contributed by atoms with E-state index in [4.69, 9.17) is 16.3 Å². The molecule has 106 valence electrons. The Kier molecular flexibility index (Phi) is 4.13. The fourth-order valence-electron chi connectivity index (χ4n) is 2.12. The summed E-state index contributed by atoms with van der Waals surface area (Å²) < 4.78 is 19.8. The maximum absolute atomic E-state index is 13.1. The summed E-state index contributed by atoms with van der Waals surface area (Å²) in [4.78, 5) is 0. The van der Waals surface area contributed by atoms with Gasteiger partial charge in [-0.3, -0.25) is 0 Å². The molecule has 0 atom stereocenters. The number of rotatable bonds is 3. The Balaban J connectivity index is 1.85. The molecular formula is C17H11BrClFO. The average Bonchev–Trinajstić information content (AvgIpc) is 2.50. The third kappa shape index (κ3) is 3.04. The van der Waals surface area contributed by atoms with Gasteiger partial charge in [0.15, 0.2) is 0 Å². The summed E-state index contributed by atoms with van der Waals surface area (Å²) >= 11 is 9.34. The highest BCUT2D eigenvalue weighted by atomic mass is 79.9.